The van der Waals surface area contributed by atoms with E-state index in [-0.39, 0.29) is 35.8 Å². The number of hydrogen-bond acceptors (Lipinski definition) is 4. The first-order valence-corrected chi connectivity index (χ1v) is 12.2. The lowest BCUT2D eigenvalue weighted by molar-refractivity contribution is 0.129. The largest absolute Gasteiger partial charge is 0.381 e. The molecule has 1 atom stereocenters. The molecule has 0 radical (unpaired) electrons. The first-order valence-electron chi connectivity index (χ1n) is 10.2. The molecule has 0 bridgehead atoms. The third-order valence-electron chi connectivity index (χ3n) is 4.01. The number of sulfone groups is 1. The Morgan fingerprint density at radius 3 is 2.30 bits per heavy atom. The van der Waals surface area contributed by atoms with Crippen LogP contribution in [0.3, 0.4) is 0 Å². The van der Waals surface area contributed by atoms with Gasteiger partial charge in [-0.3, -0.25) is 4.99 Å². The van der Waals surface area contributed by atoms with Gasteiger partial charge in [0.25, 0.3) is 0 Å². The van der Waals surface area contributed by atoms with Gasteiger partial charge in [0.05, 0.1) is 5.75 Å². The van der Waals surface area contributed by atoms with Crippen molar-refractivity contribution in [3.8, 4) is 0 Å². The number of aliphatic imine (C=N–C) groups is 1. The summed E-state index contributed by atoms with van der Waals surface area (Å²) in [6.45, 7) is 9.28. The zero-order valence-corrected chi connectivity index (χ0v) is 20.9. The second-order valence-electron chi connectivity index (χ2n) is 6.96. The minimum absolute atomic E-state index is 0. The van der Waals surface area contributed by atoms with Gasteiger partial charge in [0.1, 0.15) is 9.84 Å². The number of ether oxygens (including phenoxy) is 1. The molecule has 0 aromatic rings. The Morgan fingerprint density at radius 1 is 1.04 bits per heavy atom. The van der Waals surface area contributed by atoms with Crippen molar-refractivity contribution in [2.75, 3.05) is 38.3 Å². The van der Waals surface area contributed by atoms with E-state index in [2.05, 4.69) is 22.5 Å². The molecule has 0 amide bonds. The zero-order valence-electron chi connectivity index (χ0n) is 17.8. The van der Waals surface area contributed by atoms with Crippen molar-refractivity contribution >= 4 is 39.8 Å². The van der Waals surface area contributed by atoms with Gasteiger partial charge in [0.2, 0.25) is 0 Å². The summed E-state index contributed by atoms with van der Waals surface area (Å²) in [6, 6.07) is 0.0616. The standard InChI is InChI=1S/C19H41N3O3S.HI/c1-5-7-8-9-10-11-15-25-16-12-14-21-19(20-6-2)22-18(3)13-17-26(4,23)24;/h18H,5-17H2,1-4H3,(H2,20,21,22);1H. The van der Waals surface area contributed by atoms with Crippen molar-refractivity contribution in [1.82, 2.24) is 10.6 Å². The van der Waals surface area contributed by atoms with E-state index in [0.717, 1.165) is 38.6 Å². The summed E-state index contributed by atoms with van der Waals surface area (Å²) < 4.78 is 28.2. The van der Waals surface area contributed by atoms with Gasteiger partial charge in [-0.1, -0.05) is 39.0 Å². The van der Waals surface area contributed by atoms with Gasteiger partial charge < -0.3 is 15.4 Å². The summed E-state index contributed by atoms with van der Waals surface area (Å²) in [6.07, 6.45) is 10.4. The van der Waals surface area contributed by atoms with Crippen molar-refractivity contribution in [3.05, 3.63) is 0 Å². The molecule has 0 aromatic carbocycles. The highest BCUT2D eigenvalue weighted by Gasteiger charge is 2.09. The number of nitrogens with one attached hydrogen (secondary N) is 2. The SMILES string of the molecule is CCCCCCCCOCCCN=C(NCC)NC(C)CCS(C)(=O)=O.I. The van der Waals surface area contributed by atoms with Crippen LogP contribution >= 0.6 is 24.0 Å². The molecule has 0 aliphatic carbocycles. The first-order chi connectivity index (χ1) is 12.4. The molecule has 27 heavy (non-hydrogen) atoms. The summed E-state index contributed by atoms with van der Waals surface area (Å²) in [7, 11) is -2.92. The lowest BCUT2D eigenvalue weighted by Crippen LogP contribution is -2.43. The van der Waals surface area contributed by atoms with E-state index in [1.807, 2.05) is 13.8 Å². The Kier molecular flexibility index (Phi) is 20.7. The molecule has 0 saturated heterocycles. The molecule has 0 heterocycles. The molecule has 0 aliphatic heterocycles. The van der Waals surface area contributed by atoms with E-state index in [1.54, 1.807) is 0 Å². The van der Waals surface area contributed by atoms with Gasteiger partial charge in [-0.25, -0.2) is 8.42 Å². The Morgan fingerprint density at radius 2 is 1.67 bits per heavy atom. The molecular formula is C19H42IN3O3S. The van der Waals surface area contributed by atoms with Crippen LogP contribution in [0.2, 0.25) is 0 Å². The van der Waals surface area contributed by atoms with Gasteiger partial charge in [0.15, 0.2) is 5.96 Å². The third-order valence-corrected chi connectivity index (χ3v) is 4.99. The summed E-state index contributed by atoms with van der Waals surface area (Å²) in [5, 5.41) is 6.45. The van der Waals surface area contributed by atoms with E-state index >= 15 is 0 Å². The summed E-state index contributed by atoms with van der Waals surface area (Å²) in [5.74, 6) is 0.928. The molecule has 1 unspecified atom stereocenters. The topological polar surface area (TPSA) is 79.8 Å². The number of unbranched alkanes of at least 4 members (excludes halogenated alkanes) is 5. The van der Waals surface area contributed by atoms with Crippen LogP contribution in [-0.2, 0) is 14.6 Å². The van der Waals surface area contributed by atoms with Crippen LogP contribution < -0.4 is 10.6 Å². The highest BCUT2D eigenvalue weighted by molar-refractivity contribution is 14.0. The second kappa shape index (κ2) is 19.2. The summed E-state index contributed by atoms with van der Waals surface area (Å²) in [5.41, 5.74) is 0. The molecule has 164 valence electrons. The van der Waals surface area contributed by atoms with Crippen LogP contribution in [-0.4, -0.2) is 58.7 Å². The monoisotopic (exact) mass is 519 g/mol. The van der Waals surface area contributed by atoms with Gasteiger partial charge >= 0.3 is 0 Å². The van der Waals surface area contributed by atoms with E-state index in [1.165, 1.54) is 38.4 Å². The van der Waals surface area contributed by atoms with Crippen molar-refractivity contribution in [1.29, 1.82) is 0 Å². The van der Waals surface area contributed by atoms with E-state index in [4.69, 9.17) is 4.74 Å². The van der Waals surface area contributed by atoms with Gasteiger partial charge in [-0.05, 0) is 33.1 Å². The van der Waals surface area contributed by atoms with E-state index < -0.39 is 9.84 Å². The molecule has 0 aliphatic rings. The fourth-order valence-electron chi connectivity index (χ4n) is 2.46. The molecule has 8 heteroatoms. The number of nitrogens with zero attached hydrogens (tertiary/aromatic N) is 1. The smallest absolute Gasteiger partial charge is 0.191 e. The fourth-order valence-corrected chi connectivity index (χ4v) is 3.24. The van der Waals surface area contributed by atoms with Crippen LogP contribution in [0.15, 0.2) is 4.99 Å². The summed E-state index contributed by atoms with van der Waals surface area (Å²) >= 11 is 0. The lowest BCUT2D eigenvalue weighted by atomic mass is 10.1. The Hall–Kier alpha value is -0.0900. The third kappa shape index (κ3) is 22.1. The second-order valence-corrected chi connectivity index (χ2v) is 9.22. The number of rotatable bonds is 16. The molecule has 0 saturated carbocycles. The predicted molar refractivity (Wildman–Crippen MR) is 127 cm³/mol. The van der Waals surface area contributed by atoms with Crippen LogP contribution in [0.25, 0.3) is 0 Å². The van der Waals surface area contributed by atoms with Crippen LogP contribution in [0.4, 0.5) is 0 Å². The van der Waals surface area contributed by atoms with Crippen LogP contribution in [0.1, 0.15) is 72.1 Å². The maximum Gasteiger partial charge on any atom is 0.191 e. The molecular weight excluding hydrogens is 477 g/mol. The van der Waals surface area contributed by atoms with Gasteiger partial charge in [0, 0.05) is 38.6 Å². The van der Waals surface area contributed by atoms with Crippen molar-refractivity contribution in [3.63, 3.8) is 0 Å². The van der Waals surface area contributed by atoms with Gasteiger partial charge in [-0.15, -0.1) is 24.0 Å². The highest BCUT2D eigenvalue weighted by Crippen LogP contribution is 2.05. The fraction of sp³-hybridized carbons (Fsp3) is 0.947. The number of guanidine groups is 1. The maximum absolute atomic E-state index is 11.2. The quantitative estimate of drug-likeness (QED) is 0.141. The van der Waals surface area contributed by atoms with Crippen LogP contribution in [0.5, 0.6) is 0 Å². The molecule has 0 fully saturated rings. The predicted octanol–water partition coefficient (Wildman–Crippen LogP) is 3.75. The minimum atomic E-state index is -2.92. The molecule has 0 aromatic heterocycles. The Balaban J connectivity index is 0. The minimum Gasteiger partial charge on any atom is -0.381 e. The highest BCUT2D eigenvalue weighted by atomic mass is 127. The van der Waals surface area contributed by atoms with Gasteiger partial charge in [-0.2, -0.15) is 0 Å². The van der Waals surface area contributed by atoms with Crippen molar-refractivity contribution in [2.45, 2.75) is 78.2 Å². The molecule has 0 spiro atoms. The molecule has 2 N–H and O–H groups in total. The van der Waals surface area contributed by atoms with Crippen LogP contribution in [0, 0.1) is 0 Å². The van der Waals surface area contributed by atoms with E-state index in [0.29, 0.717) is 13.0 Å². The van der Waals surface area contributed by atoms with Crippen molar-refractivity contribution in [2.24, 2.45) is 4.99 Å². The maximum atomic E-state index is 11.2. The zero-order chi connectivity index (χ0) is 19.7. The Labute approximate surface area is 184 Å². The summed E-state index contributed by atoms with van der Waals surface area (Å²) in [4.78, 5) is 4.53. The lowest BCUT2D eigenvalue weighted by Gasteiger charge is -2.17. The normalized spacial score (nSPS) is 13.1. The van der Waals surface area contributed by atoms with E-state index in [9.17, 15) is 8.42 Å². The van der Waals surface area contributed by atoms with Crippen molar-refractivity contribution < 1.29 is 13.2 Å². The average molecular weight is 520 g/mol. The average Bonchev–Trinajstić information content (AvgIpc) is 2.57. The molecule has 0 rings (SSSR count). The number of halogens is 1. The number of hydrogen-bond donors (Lipinski definition) is 2. The molecule has 6 nitrogen and oxygen atoms in total. The first kappa shape index (κ1) is 29.1. The Bertz CT molecular complexity index is 459.